The minimum atomic E-state index is -5.09. The lowest BCUT2D eigenvalue weighted by Crippen LogP contribution is -2.52. The van der Waals surface area contributed by atoms with Gasteiger partial charge in [0.2, 0.25) is 0 Å². The van der Waals surface area contributed by atoms with Gasteiger partial charge in [-0.2, -0.15) is 13.2 Å². The topological polar surface area (TPSA) is 65.1 Å². The molecule has 180 valence electrons. The number of alkyl halides is 3. The van der Waals surface area contributed by atoms with Crippen LogP contribution in [0.1, 0.15) is 46.1 Å². The van der Waals surface area contributed by atoms with Crippen molar-refractivity contribution in [2.45, 2.75) is 70.1 Å². The van der Waals surface area contributed by atoms with Crippen LogP contribution in [0.15, 0.2) is 54.1 Å². The summed E-state index contributed by atoms with van der Waals surface area (Å²) in [7, 11) is 0.818. The maximum absolute atomic E-state index is 14.2. The normalized spacial score (nSPS) is 31.8. The number of ketones is 1. The summed E-state index contributed by atoms with van der Waals surface area (Å²) in [5.74, 6) is -1.90. The molecule has 0 N–H and O–H groups in total. The van der Waals surface area contributed by atoms with Gasteiger partial charge in [0, 0.05) is 19.1 Å². The lowest BCUT2D eigenvalue weighted by Gasteiger charge is -2.33. The second-order valence-corrected chi connectivity index (χ2v) is 9.56. The van der Waals surface area contributed by atoms with Gasteiger partial charge in [-0.05, 0) is 43.4 Å². The van der Waals surface area contributed by atoms with E-state index in [0.29, 0.717) is 6.42 Å². The first-order chi connectivity index (χ1) is 15.2. The minimum Gasteiger partial charge on any atom is -0.455 e. The quantitative estimate of drug-likeness (QED) is 0.459. The van der Waals surface area contributed by atoms with Crippen LogP contribution in [0.2, 0.25) is 0 Å². The van der Waals surface area contributed by atoms with Gasteiger partial charge in [-0.3, -0.25) is 4.79 Å². The van der Waals surface area contributed by atoms with Crippen LogP contribution >= 0.6 is 0 Å². The standard InChI is InChI=1S/C25H29F3O5/c1-16-13-18(14-23(4)20(33-23)15-22(2,3)12-11-19(16)29)32-21(30)24(31-5,25(26,27)28)17-9-7-6-8-10-17/h6-13,18,20H,14-15H2,1-5H3/b12-11+,16-13+/t18-,20+,23+,24+/m0/s1. The number of fused-ring (bicyclic) bond motifs is 1. The summed E-state index contributed by atoms with van der Waals surface area (Å²) in [4.78, 5) is 25.6. The molecule has 1 saturated heterocycles. The van der Waals surface area contributed by atoms with Gasteiger partial charge in [0.05, 0.1) is 11.7 Å². The number of esters is 1. The van der Waals surface area contributed by atoms with Crippen molar-refractivity contribution in [3.05, 3.63) is 59.7 Å². The second-order valence-electron chi connectivity index (χ2n) is 9.56. The van der Waals surface area contributed by atoms with Crippen molar-refractivity contribution in [3.63, 3.8) is 0 Å². The van der Waals surface area contributed by atoms with Crippen LogP contribution in [-0.4, -0.2) is 42.8 Å². The molecule has 0 radical (unpaired) electrons. The molecule has 33 heavy (non-hydrogen) atoms. The molecule has 8 heteroatoms. The molecule has 1 aromatic carbocycles. The van der Waals surface area contributed by atoms with Crippen LogP contribution in [0.3, 0.4) is 0 Å². The molecule has 4 atom stereocenters. The Bertz CT molecular complexity index is 966. The molecule has 0 bridgehead atoms. The first kappa shape index (κ1) is 25.2. The Kier molecular flexibility index (Phi) is 6.65. The van der Waals surface area contributed by atoms with Gasteiger partial charge < -0.3 is 14.2 Å². The summed E-state index contributed by atoms with van der Waals surface area (Å²) in [5, 5.41) is 0. The van der Waals surface area contributed by atoms with E-state index in [9.17, 15) is 22.8 Å². The Labute approximate surface area is 191 Å². The number of carbonyl (C=O) groups is 2. The number of methoxy groups -OCH3 is 1. The number of carbonyl (C=O) groups excluding carboxylic acids is 2. The van der Waals surface area contributed by atoms with E-state index in [1.165, 1.54) is 37.3 Å². The molecule has 1 heterocycles. The van der Waals surface area contributed by atoms with Gasteiger partial charge in [0.25, 0.3) is 5.60 Å². The van der Waals surface area contributed by atoms with E-state index in [2.05, 4.69) is 0 Å². The average molecular weight is 466 g/mol. The van der Waals surface area contributed by atoms with Crippen LogP contribution in [0.5, 0.6) is 0 Å². The smallest absolute Gasteiger partial charge is 0.432 e. The van der Waals surface area contributed by atoms with Crippen LogP contribution in [0.25, 0.3) is 0 Å². The molecule has 0 unspecified atom stereocenters. The third-order valence-corrected chi connectivity index (χ3v) is 6.30. The van der Waals surface area contributed by atoms with Crippen molar-refractivity contribution in [2.24, 2.45) is 5.41 Å². The van der Waals surface area contributed by atoms with Gasteiger partial charge in [-0.25, -0.2) is 4.79 Å². The lowest BCUT2D eigenvalue weighted by molar-refractivity contribution is -0.277. The zero-order valence-corrected chi connectivity index (χ0v) is 19.4. The summed E-state index contributed by atoms with van der Waals surface area (Å²) >= 11 is 0. The van der Waals surface area contributed by atoms with Gasteiger partial charge in [0.15, 0.2) is 5.78 Å². The molecule has 2 aliphatic rings. The van der Waals surface area contributed by atoms with Crippen molar-refractivity contribution in [3.8, 4) is 0 Å². The molecule has 1 aliphatic heterocycles. The zero-order valence-electron chi connectivity index (χ0n) is 19.4. The molecule has 0 spiro atoms. The van der Waals surface area contributed by atoms with Crippen molar-refractivity contribution in [1.82, 2.24) is 0 Å². The lowest BCUT2D eigenvalue weighted by atomic mass is 9.83. The zero-order chi connectivity index (χ0) is 24.7. The van der Waals surface area contributed by atoms with E-state index in [1.54, 1.807) is 6.08 Å². The third-order valence-electron chi connectivity index (χ3n) is 6.30. The van der Waals surface area contributed by atoms with Gasteiger partial charge >= 0.3 is 12.1 Å². The fourth-order valence-electron chi connectivity index (χ4n) is 4.21. The van der Waals surface area contributed by atoms with E-state index in [4.69, 9.17) is 14.2 Å². The van der Waals surface area contributed by atoms with Crippen LogP contribution in [0, 0.1) is 5.41 Å². The fraction of sp³-hybridized carbons (Fsp3) is 0.520. The molecule has 5 nitrogen and oxygen atoms in total. The fourth-order valence-corrected chi connectivity index (χ4v) is 4.21. The summed E-state index contributed by atoms with van der Waals surface area (Å²) in [5.41, 5.74) is -4.45. The molecule has 0 aromatic heterocycles. The Morgan fingerprint density at radius 1 is 1.12 bits per heavy atom. The van der Waals surface area contributed by atoms with Crippen LogP contribution in [0.4, 0.5) is 13.2 Å². The summed E-state index contributed by atoms with van der Waals surface area (Å²) in [6, 6.07) is 6.63. The highest BCUT2D eigenvalue weighted by Gasteiger charge is 2.64. The molecular formula is C25H29F3O5. The molecule has 0 saturated carbocycles. The van der Waals surface area contributed by atoms with Gasteiger partial charge in [-0.1, -0.05) is 50.3 Å². The summed E-state index contributed by atoms with van der Waals surface area (Å²) < 4.78 is 58.8. The molecule has 1 aliphatic carbocycles. The van der Waals surface area contributed by atoms with Crippen molar-refractivity contribution in [2.75, 3.05) is 7.11 Å². The Morgan fingerprint density at radius 2 is 1.76 bits per heavy atom. The van der Waals surface area contributed by atoms with Crippen molar-refractivity contribution in [1.29, 1.82) is 0 Å². The largest absolute Gasteiger partial charge is 0.455 e. The molecule has 1 aromatic rings. The van der Waals surface area contributed by atoms with Gasteiger partial charge in [0.1, 0.15) is 6.10 Å². The highest BCUT2D eigenvalue weighted by molar-refractivity contribution is 6.03. The SMILES string of the molecule is CO[C@@](C(=O)O[C@H]1/C=C(\C)C(=O)/C=C/C(C)(C)C[C@H]2O[C@]2(C)C1)(c1ccccc1)C(F)(F)F. The summed E-state index contributed by atoms with van der Waals surface area (Å²) in [6.07, 6.45) is -1.04. The number of hydrogen-bond acceptors (Lipinski definition) is 5. The number of epoxide rings is 1. The number of rotatable bonds is 4. The molecular weight excluding hydrogens is 437 g/mol. The summed E-state index contributed by atoms with van der Waals surface area (Å²) in [6.45, 7) is 7.31. The maximum atomic E-state index is 14.2. The van der Waals surface area contributed by atoms with E-state index in [1.807, 2.05) is 20.8 Å². The molecule has 0 amide bonds. The minimum absolute atomic E-state index is 0.108. The monoisotopic (exact) mass is 466 g/mol. The van der Waals surface area contributed by atoms with Crippen LogP contribution < -0.4 is 0 Å². The number of hydrogen-bond donors (Lipinski definition) is 0. The Morgan fingerprint density at radius 3 is 2.33 bits per heavy atom. The van der Waals surface area contributed by atoms with Crippen molar-refractivity contribution < 1.29 is 37.0 Å². The second kappa shape index (κ2) is 8.72. The Hall–Kier alpha value is -2.45. The number of halogens is 3. The predicted octanol–water partition coefficient (Wildman–Crippen LogP) is 5.05. The van der Waals surface area contributed by atoms with E-state index in [-0.39, 0.29) is 29.3 Å². The number of benzene rings is 1. The Balaban J connectivity index is 1.98. The van der Waals surface area contributed by atoms with Crippen molar-refractivity contribution >= 4 is 11.8 Å². The maximum Gasteiger partial charge on any atom is 0.432 e. The van der Waals surface area contributed by atoms with E-state index >= 15 is 0 Å². The van der Waals surface area contributed by atoms with Gasteiger partial charge in [-0.15, -0.1) is 0 Å². The van der Waals surface area contributed by atoms with Crippen LogP contribution in [-0.2, 0) is 29.4 Å². The van der Waals surface area contributed by atoms with E-state index in [0.717, 1.165) is 19.2 Å². The third kappa shape index (κ3) is 5.06. The molecule has 1 fully saturated rings. The average Bonchev–Trinajstić information content (AvgIpc) is 3.33. The number of ether oxygens (including phenoxy) is 3. The molecule has 3 rings (SSSR count). The highest BCUT2D eigenvalue weighted by atomic mass is 19.4. The number of allylic oxidation sites excluding steroid dienone is 3. The first-order valence-electron chi connectivity index (χ1n) is 10.7. The first-order valence-corrected chi connectivity index (χ1v) is 10.7. The van der Waals surface area contributed by atoms with E-state index < -0.39 is 35.0 Å². The predicted molar refractivity (Wildman–Crippen MR) is 115 cm³/mol. The highest BCUT2D eigenvalue weighted by Crippen LogP contribution is 2.48.